The largest absolute Gasteiger partial charge is 0.480 e. The molecular formula is C13H16FNO3. The van der Waals surface area contributed by atoms with E-state index in [1.807, 2.05) is 0 Å². The van der Waals surface area contributed by atoms with Gasteiger partial charge < -0.3 is 10.0 Å². The van der Waals surface area contributed by atoms with E-state index in [0.717, 1.165) is 4.90 Å². The van der Waals surface area contributed by atoms with Crippen molar-refractivity contribution in [1.29, 1.82) is 0 Å². The van der Waals surface area contributed by atoms with E-state index in [4.69, 9.17) is 5.11 Å². The molecule has 0 spiro atoms. The average Bonchev–Trinajstić information content (AvgIpc) is 2.30. The van der Waals surface area contributed by atoms with E-state index < -0.39 is 23.2 Å². The Labute approximate surface area is 105 Å². The van der Waals surface area contributed by atoms with E-state index in [-0.39, 0.29) is 12.0 Å². The number of carboxylic acids is 1. The number of carboxylic acid groups (broad SMARTS) is 1. The maximum atomic E-state index is 13.4. The summed E-state index contributed by atoms with van der Waals surface area (Å²) in [6, 6.07) is 5.95. The minimum absolute atomic E-state index is 0.153. The van der Waals surface area contributed by atoms with Crippen molar-refractivity contribution in [2.24, 2.45) is 0 Å². The Morgan fingerprint density at radius 2 is 1.89 bits per heavy atom. The molecule has 0 aliphatic heterocycles. The highest BCUT2D eigenvalue weighted by atomic mass is 19.1. The van der Waals surface area contributed by atoms with Crippen LogP contribution in [0.2, 0.25) is 0 Å². The normalized spacial score (nSPS) is 11.1. The second kappa shape index (κ2) is 5.16. The molecule has 18 heavy (non-hydrogen) atoms. The average molecular weight is 253 g/mol. The van der Waals surface area contributed by atoms with Crippen molar-refractivity contribution in [3.63, 3.8) is 0 Å². The number of benzene rings is 1. The summed E-state index contributed by atoms with van der Waals surface area (Å²) in [6.45, 7) is 2.85. The summed E-state index contributed by atoms with van der Waals surface area (Å²) in [7, 11) is 1.40. The monoisotopic (exact) mass is 253 g/mol. The molecule has 1 N–H and O–H groups in total. The molecule has 0 heterocycles. The van der Waals surface area contributed by atoms with Gasteiger partial charge in [-0.15, -0.1) is 0 Å². The number of hydrogen-bond donors (Lipinski definition) is 1. The fourth-order valence-electron chi connectivity index (χ4n) is 1.38. The van der Waals surface area contributed by atoms with Gasteiger partial charge in [0, 0.05) is 7.05 Å². The third kappa shape index (κ3) is 2.85. The minimum atomic E-state index is -1.32. The predicted octanol–water partition coefficient (Wildman–Crippen LogP) is 1.69. The Hall–Kier alpha value is -1.91. The van der Waals surface area contributed by atoms with Gasteiger partial charge in [-0.25, -0.2) is 9.18 Å². The van der Waals surface area contributed by atoms with Crippen LogP contribution in [0.15, 0.2) is 24.3 Å². The first-order valence-corrected chi connectivity index (χ1v) is 5.50. The van der Waals surface area contributed by atoms with Crippen LogP contribution in [-0.2, 0) is 16.0 Å². The predicted molar refractivity (Wildman–Crippen MR) is 64.6 cm³/mol. The first-order valence-electron chi connectivity index (χ1n) is 5.50. The number of nitrogens with zero attached hydrogens (tertiary/aromatic N) is 1. The number of carbonyl (C=O) groups is 2. The third-order valence-corrected chi connectivity index (χ3v) is 3.04. The van der Waals surface area contributed by atoms with Crippen LogP contribution >= 0.6 is 0 Å². The Morgan fingerprint density at radius 3 is 2.39 bits per heavy atom. The zero-order valence-corrected chi connectivity index (χ0v) is 10.6. The molecule has 0 saturated heterocycles. The van der Waals surface area contributed by atoms with E-state index in [0.29, 0.717) is 0 Å². The van der Waals surface area contributed by atoms with Crippen molar-refractivity contribution in [2.45, 2.75) is 25.8 Å². The smallest absolute Gasteiger partial charge is 0.329 e. The number of halogens is 1. The van der Waals surface area contributed by atoms with Crippen LogP contribution in [0.4, 0.5) is 4.39 Å². The molecule has 0 unspecified atom stereocenters. The number of amides is 1. The molecule has 0 fully saturated rings. The lowest BCUT2D eigenvalue weighted by molar-refractivity contribution is -0.155. The molecule has 1 aromatic rings. The second-order valence-electron chi connectivity index (χ2n) is 4.59. The highest BCUT2D eigenvalue weighted by Gasteiger charge is 2.35. The van der Waals surface area contributed by atoms with E-state index in [1.165, 1.54) is 39.1 Å². The molecular weight excluding hydrogens is 237 g/mol. The summed E-state index contributed by atoms with van der Waals surface area (Å²) in [5.74, 6) is -2.01. The maximum absolute atomic E-state index is 13.4. The molecule has 0 bridgehead atoms. The number of rotatable bonds is 4. The molecule has 4 nitrogen and oxygen atoms in total. The van der Waals surface area contributed by atoms with Gasteiger partial charge in [0.2, 0.25) is 5.91 Å². The zero-order chi connectivity index (χ0) is 13.9. The van der Waals surface area contributed by atoms with E-state index in [2.05, 4.69) is 0 Å². The van der Waals surface area contributed by atoms with Gasteiger partial charge in [0.1, 0.15) is 11.4 Å². The number of likely N-dealkylation sites (N-methyl/N-ethyl adjacent to an activating group) is 1. The van der Waals surface area contributed by atoms with Crippen LogP contribution in [-0.4, -0.2) is 34.5 Å². The van der Waals surface area contributed by atoms with Crippen LogP contribution < -0.4 is 0 Å². The van der Waals surface area contributed by atoms with Crippen molar-refractivity contribution in [3.05, 3.63) is 35.6 Å². The van der Waals surface area contributed by atoms with Crippen LogP contribution in [0.1, 0.15) is 19.4 Å². The van der Waals surface area contributed by atoms with E-state index >= 15 is 0 Å². The number of carbonyl (C=O) groups excluding carboxylic acids is 1. The van der Waals surface area contributed by atoms with Gasteiger partial charge in [0.25, 0.3) is 0 Å². The van der Waals surface area contributed by atoms with E-state index in [9.17, 15) is 14.0 Å². The topological polar surface area (TPSA) is 57.6 Å². The van der Waals surface area contributed by atoms with Crippen molar-refractivity contribution < 1.29 is 19.1 Å². The molecule has 5 heteroatoms. The fraction of sp³-hybridized carbons (Fsp3) is 0.385. The first-order chi connectivity index (χ1) is 8.26. The Morgan fingerprint density at radius 1 is 1.33 bits per heavy atom. The molecule has 98 valence electrons. The summed E-state index contributed by atoms with van der Waals surface area (Å²) < 4.78 is 13.4. The van der Waals surface area contributed by atoms with Crippen molar-refractivity contribution >= 4 is 11.9 Å². The Balaban J connectivity index is 2.84. The van der Waals surface area contributed by atoms with Gasteiger partial charge in [0.05, 0.1) is 6.42 Å². The highest BCUT2D eigenvalue weighted by molar-refractivity contribution is 5.87. The van der Waals surface area contributed by atoms with E-state index in [1.54, 1.807) is 6.07 Å². The van der Waals surface area contributed by atoms with Crippen molar-refractivity contribution in [3.8, 4) is 0 Å². The summed E-state index contributed by atoms with van der Waals surface area (Å²) in [6.07, 6.45) is -0.153. The van der Waals surface area contributed by atoms with Crippen LogP contribution in [0.3, 0.4) is 0 Å². The van der Waals surface area contributed by atoms with Gasteiger partial charge in [-0.3, -0.25) is 4.79 Å². The lowest BCUT2D eigenvalue weighted by Gasteiger charge is -2.31. The summed E-state index contributed by atoms with van der Waals surface area (Å²) in [4.78, 5) is 24.0. The molecule has 1 aromatic carbocycles. The summed E-state index contributed by atoms with van der Waals surface area (Å²) in [5, 5.41) is 9.01. The molecule has 0 radical (unpaired) electrons. The van der Waals surface area contributed by atoms with Crippen LogP contribution in [0.5, 0.6) is 0 Å². The molecule has 0 aliphatic rings. The third-order valence-electron chi connectivity index (χ3n) is 3.04. The van der Waals surface area contributed by atoms with Gasteiger partial charge in [0.15, 0.2) is 0 Å². The zero-order valence-electron chi connectivity index (χ0n) is 10.6. The van der Waals surface area contributed by atoms with Gasteiger partial charge >= 0.3 is 5.97 Å². The van der Waals surface area contributed by atoms with Crippen molar-refractivity contribution in [2.75, 3.05) is 7.05 Å². The summed E-state index contributed by atoms with van der Waals surface area (Å²) >= 11 is 0. The first kappa shape index (κ1) is 14.2. The number of aliphatic carboxylic acids is 1. The van der Waals surface area contributed by atoms with Gasteiger partial charge in [-0.05, 0) is 25.5 Å². The Kier molecular flexibility index (Phi) is 4.06. The quantitative estimate of drug-likeness (QED) is 0.888. The molecule has 1 rings (SSSR count). The lowest BCUT2D eigenvalue weighted by Crippen LogP contribution is -2.51. The van der Waals surface area contributed by atoms with Crippen LogP contribution in [0, 0.1) is 5.82 Å². The number of hydrogen-bond acceptors (Lipinski definition) is 2. The summed E-state index contributed by atoms with van der Waals surface area (Å²) in [5.41, 5.74) is -1.06. The SMILES string of the molecule is CN(C(=O)Cc1ccccc1F)C(C)(C)C(=O)O. The van der Waals surface area contributed by atoms with Crippen molar-refractivity contribution in [1.82, 2.24) is 4.90 Å². The lowest BCUT2D eigenvalue weighted by atomic mass is 10.0. The highest BCUT2D eigenvalue weighted by Crippen LogP contribution is 2.15. The Bertz CT molecular complexity index is 471. The molecule has 0 atom stereocenters. The van der Waals surface area contributed by atoms with Gasteiger partial charge in [-0.2, -0.15) is 0 Å². The molecule has 1 amide bonds. The van der Waals surface area contributed by atoms with Crippen LogP contribution in [0.25, 0.3) is 0 Å². The second-order valence-corrected chi connectivity index (χ2v) is 4.59. The maximum Gasteiger partial charge on any atom is 0.329 e. The molecule has 0 saturated carbocycles. The minimum Gasteiger partial charge on any atom is -0.480 e. The van der Waals surface area contributed by atoms with Gasteiger partial charge in [-0.1, -0.05) is 18.2 Å². The molecule has 0 aliphatic carbocycles. The molecule has 0 aromatic heterocycles. The fourth-order valence-corrected chi connectivity index (χ4v) is 1.38. The standard InChI is InChI=1S/C13H16FNO3/c1-13(2,12(17)18)15(3)11(16)8-9-6-4-5-7-10(9)14/h4-7H,8H2,1-3H3,(H,17,18).